The molecular weight excluding hydrogens is 373 g/mol. The lowest BCUT2D eigenvalue weighted by molar-refractivity contribution is -0.0292. The van der Waals surface area contributed by atoms with Gasteiger partial charge in [0.05, 0.1) is 29.0 Å². The second kappa shape index (κ2) is 8.56. The van der Waals surface area contributed by atoms with E-state index in [9.17, 15) is 14.3 Å². The number of nitrogen functional groups attached to an aromatic ring is 1. The number of phenolic OH excluding ortho intramolecular Hbond substituents is 1. The van der Waals surface area contributed by atoms with E-state index in [1.807, 2.05) is 0 Å². The number of carbonyl (C=O) groups is 1. The number of nitrogens with one attached hydrogen (secondary N) is 1. The molecule has 3 rings (SSSR count). The number of amides is 1. The number of nitrogens with two attached hydrogens (primary N) is 1. The number of carbonyl (C=O) groups excluding carboxylic acids is 1. The molecule has 1 fully saturated rings. The van der Waals surface area contributed by atoms with Gasteiger partial charge in [-0.3, -0.25) is 9.69 Å². The third-order valence-corrected chi connectivity index (χ3v) is 4.72. The van der Waals surface area contributed by atoms with E-state index >= 15 is 0 Å². The van der Waals surface area contributed by atoms with E-state index in [-0.39, 0.29) is 33.9 Å². The van der Waals surface area contributed by atoms with Crippen LogP contribution in [0.25, 0.3) is 0 Å². The second-order valence-corrected chi connectivity index (χ2v) is 6.86. The van der Waals surface area contributed by atoms with Gasteiger partial charge in [-0.25, -0.2) is 4.39 Å². The third kappa shape index (κ3) is 5.09. The van der Waals surface area contributed by atoms with Gasteiger partial charge in [0.2, 0.25) is 0 Å². The van der Waals surface area contributed by atoms with E-state index < -0.39 is 5.91 Å². The Balaban J connectivity index is 1.54. The number of anilines is 1. The summed E-state index contributed by atoms with van der Waals surface area (Å²) in [6, 6.07) is 8.99. The highest BCUT2D eigenvalue weighted by molar-refractivity contribution is 6.33. The second-order valence-electron chi connectivity index (χ2n) is 6.46. The summed E-state index contributed by atoms with van der Waals surface area (Å²) in [4.78, 5) is 14.5. The van der Waals surface area contributed by atoms with Gasteiger partial charge in [-0.1, -0.05) is 23.7 Å². The highest BCUT2D eigenvalue weighted by Crippen LogP contribution is 2.27. The molecule has 0 radical (unpaired) electrons. The van der Waals surface area contributed by atoms with Gasteiger partial charge in [0.1, 0.15) is 11.6 Å². The zero-order valence-electron chi connectivity index (χ0n) is 14.6. The molecule has 0 aliphatic carbocycles. The standard InChI is InChI=1S/C19H21ClFN3O3/c20-16-7-15(18(25)8-17(16)22)19(26)23-9-14-11-24(5-6-27-14)10-12-1-3-13(21)4-2-12/h1-4,7-8,14,25H,5-6,9-11,22H2,(H,23,26). The molecule has 8 heteroatoms. The Morgan fingerprint density at radius 2 is 2.11 bits per heavy atom. The minimum absolute atomic E-state index is 0.0631. The fourth-order valence-corrected chi connectivity index (χ4v) is 3.12. The number of phenols is 1. The molecule has 0 saturated carbocycles. The van der Waals surface area contributed by atoms with E-state index in [1.165, 1.54) is 24.3 Å². The summed E-state index contributed by atoms with van der Waals surface area (Å²) in [5.41, 5.74) is 6.88. The molecule has 1 amide bonds. The zero-order valence-corrected chi connectivity index (χ0v) is 15.4. The van der Waals surface area contributed by atoms with Crippen molar-refractivity contribution in [1.82, 2.24) is 10.2 Å². The molecule has 144 valence electrons. The largest absolute Gasteiger partial charge is 0.507 e. The van der Waals surface area contributed by atoms with Crippen LogP contribution in [-0.4, -0.2) is 48.3 Å². The maximum atomic E-state index is 13.0. The summed E-state index contributed by atoms with van der Waals surface area (Å²) in [5.74, 6) is -0.933. The molecule has 0 spiro atoms. The molecule has 0 aromatic heterocycles. The highest BCUT2D eigenvalue weighted by Gasteiger charge is 2.22. The van der Waals surface area contributed by atoms with Crippen LogP contribution >= 0.6 is 11.6 Å². The van der Waals surface area contributed by atoms with E-state index in [1.54, 1.807) is 12.1 Å². The van der Waals surface area contributed by atoms with Crippen molar-refractivity contribution in [1.29, 1.82) is 0 Å². The summed E-state index contributed by atoms with van der Waals surface area (Å²) in [6.45, 7) is 2.91. The number of ether oxygens (including phenoxy) is 1. The molecule has 1 heterocycles. The maximum Gasteiger partial charge on any atom is 0.255 e. The molecule has 1 unspecified atom stereocenters. The summed E-state index contributed by atoms with van der Waals surface area (Å²) in [5, 5.41) is 12.8. The molecule has 1 aliphatic heterocycles. The average Bonchev–Trinajstić information content (AvgIpc) is 2.65. The number of hydrogen-bond donors (Lipinski definition) is 3. The number of halogens is 2. The predicted molar refractivity (Wildman–Crippen MR) is 101 cm³/mol. The van der Waals surface area contributed by atoms with E-state index in [0.717, 1.165) is 12.1 Å². The molecule has 27 heavy (non-hydrogen) atoms. The van der Waals surface area contributed by atoms with Crippen LogP contribution in [0.5, 0.6) is 5.75 Å². The van der Waals surface area contributed by atoms with Crippen molar-refractivity contribution in [3.8, 4) is 5.75 Å². The topological polar surface area (TPSA) is 87.8 Å². The average molecular weight is 394 g/mol. The first kappa shape index (κ1) is 19.4. The van der Waals surface area contributed by atoms with Crippen LogP contribution in [-0.2, 0) is 11.3 Å². The number of hydrogen-bond acceptors (Lipinski definition) is 5. The highest BCUT2D eigenvalue weighted by atomic mass is 35.5. The van der Waals surface area contributed by atoms with Crippen molar-refractivity contribution in [2.75, 3.05) is 32.0 Å². The maximum absolute atomic E-state index is 13.0. The summed E-state index contributed by atoms with van der Waals surface area (Å²) in [7, 11) is 0. The molecule has 1 atom stereocenters. The van der Waals surface area contributed by atoms with Crippen LogP contribution in [0, 0.1) is 5.82 Å². The summed E-state index contributed by atoms with van der Waals surface area (Å²) < 4.78 is 18.7. The van der Waals surface area contributed by atoms with Gasteiger partial charge in [-0.2, -0.15) is 0 Å². The minimum atomic E-state index is -0.450. The lowest BCUT2D eigenvalue weighted by atomic mass is 10.1. The van der Waals surface area contributed by atoms with Gasteiger partial charge in [-0.15, -0.1) is 0 Å². The van der Waals surface area contributed by atoms with Crippen LogP contribution in [0.2, 0.25) is 5.02 Å². The summed E-state index contributed by atoms with van der Waals surface area (Å²) in [6.07, 6.45) is -0.186. The Hall–Kier alpha value is -2.35. The number of aromatic hydroxyl groups is 1. The fourth-order valence-electron chi connectivity index (χ4n) is 2.96. The van der Waals surface area contributed by atoms with Crippen LogP contribution < -0.4 is 11.1 Å². The molecule has 0 bridgehead atoms. The smallest absolute Gasteiger partial charge is 0.255 e. The van der Waals surface area contributed by atoms with Crippen molar-refractivity contribution >= 4 is 23.2 Å². The number of benzene rings is 2. The molecule has 2 aromatic rings. The number of rotatable bonds is 5. The quantitative estimate of drug-likeness (QED) is 0.679. The lowest BCUT2D eigenvalue weighted by Crippen LogP contribution is -2.47. The first-order valence-electron chi connectivity index (χ1n) is 8.57. The van der Waals surface area contributed by atoms with Gasteiger partial charge in [0, 0.05) is 32.2 Å². The Bertz CT molecular complexity index is 817. The molecule has 1 saturated heterocycles. The van der Waals surface area contributed by atoms with Crippen molar-refractivity contribution in [2.24, 2.45) is 0 Å². The van der Waals surface area contributed by atoms with Crippen LogP contribution in [0.15, 0.2) is 36.4 Å². The van der Waals surface area contributed by atoms with Gasteiger partial charge in [0.25, 0.3) is 5.91 Å². The molecule has 2 aromatic carbocycles. The molecule has 4 N–H and O–H groups in total. The van der Waals surface area contributed by atoms with Gasteiger partial charge >= 0.3 is 0 Å². The van der Waals surface area contributed by atoms with Gasteiger partial charge < -0.3 is 20.9 Å². The van der Waals surface area contributed by atoms with E-state index in [0.29, 0.717) is 26.2 Å². The number of nitrogens with zero attached hydrogens (tertiary/aromatic N) is 1. The Labute approximate surface area is 161 Å². The Morgan fingerprint density at radius 3 is 2.85 bits per heavy atom. The molecule has 1 aliphatic rings. The third-order valence-electron chi connectivity index (χ3n) is 4.39. The predicted octanol–water partition coefficient (Wildman–Crippen LogP) is 2.40. The van der Waals surface area contributed by atoms with Crippen LogP contribution in [0.3, 0.4) is 0 Å². The number of morpholine rings is 1. The molecule has 6 nitrogen and oxygen atoms in total. The SMILES string of the molecule is Nc1cc(O)c(C(=O)NCC2CN(Cc3ccc(F)cc3)CCO2)cc1Cl. The van der Waals surface area contributed by atoms with Crippen molar-refractivity contribution in [2.45, 2.75) is 12.6 Å². The summed E-state index contributed by atoms with van der Waals surface area (Å²) >= 11 is 5.91. The van der Waals surface area contributed by atoms with Crippen molar-refractivity contribution in [3.63, 3.8) is 0 Å². The van der Waals surface area contributed by atoms with Crippen LogP contribution in [0.1, 0.15) is 15.9 Å². The van der Waals surface area contributed by atoms with Crippen molar-refractivity contribution in [3.05, 3.63) is 58.4 Å². The minimum Gasteiger partial charge on any atom is -0.507 e. The lowest BCUT2D eigenvalue weighted by Gasteiger charge is -2.33. The fraction of sp³-hybridized carbons (Fsp3) is 0.316. The Kier molecular flexibility index (Phi) is 6.15. The monoisotopic (exact) mass is 393 g/mol. The van der Waals surface area contributed by atoms with E-state index in [4.69, 9.17) is 22.1 Å². The van der Waals surface area contributed by atoms with Crippen LogP contribution in [0.4, 0.5) is 10.1 Å². The first-order chi connectivity index (χ1) is 12.9. The molecular formula is C19H21ClFN3O3. The van der Waals surface area contributed by atoms with Crippen molar-refractivity contribution < 1.29 is 19.0 Å². The van der Waals surface area contributed by atoms with E-state index in [2.05, 4.69) is 10.2 Å². The Morgan fingerprint density at radius 1 is 1.37 bits per heavy atom. The first-order valence-corrected chi connectivity index (χ1v) is 8.95. The van der Waals surface area contributed by atoms with Gasteiger partial charge in [0.15, 0.2) is 0 Å². The van der Waals surface area contributed by atoms with Gasteiger partial charge in [-0.05, 0) is 23.8 Å². The normalized spacial score (nSPS) is 17.6. The zero-order chi connectivity index (χ0) is 19.4.